The molecule has 1 aliphatic heterocycles. The highest BCUT2D eigenvalue weighted by Gasteiger charge is 2.26. The van der Waals surface area contributed by atoms with Crippen LogP contribution in [0.3, 0.4) is 0 Å². The van der Waals surface area contributed by atoms with Crippen molar-refractivity contribution in [3.05, 3.63) is 83.1 Å². The lowest BCUT2D eigenvalue weighted by Gasteiger charge is -2.33. The van der Waals surface area contributed by atoms with Crippen LogP contribution < -0.4 is 15.4 Å². The average molecular weight is 573 g/mol. The highest BCUT2D eigenvalue weighted by atomic mass is 19.1. The van der Waals surface area contributed by atoms with Crippen LogP contribution in [0.1, 0.15) is 12.8 Å². The molecule has 0 bridgehead atoms. The summed E-state index contributed by atoms with van der Waals surface area (Å²) in [5.74, 6) is 0.594. The van der Waals surface area contributed by atoms with Crippen LogP contribution in [0.5, 0.6) is 5.75 Å². The van der Waals surface area contributed by atoms with Gasteiger partial charge in [0.05, 0.1) is 29.5 Å². The molecule has 0 aliphatic carbocycles. The van der Waals surface area contributed by atoms with Crippen LogP contribution in [0, 0.1) is 15.9 Å². The first-order chi connectivity index (χ1) is 20.4. The summed E-state index contributed by atoms with van der Waals surface area (Å²) in [4.78, 5) is 39.0. The lowest BCUT2D eigenvalue weighted by Crippen LogP contribution is -2.47. The first-order valence-corrected chi connectivity index (χ1v) is 13.1. The van der Waals surface area contributed by atoms with Crippen molar-refractivity contribution in [3.63, 3.8) is 0 Å². The predicted molar refractivity (Wildman–Crippen MR) is 151 cm³/mol. The van der Waals surface area contributed by atoms with Crippen molar-refractivity contribution in [3.8, 4) is 28.4 Å². The van der Waals surface area contributed by atoms with Crippen molar-refractivity contribution in [2.45, 2.75) is 18.9 Å². The molecule has 1 aliphatic rings. The largest absolute Gasteiger partial charge is 0.494 e. The second-order valence-corrected chi connectivity index (χ2v) is 9.64. The molecular formula is C28H25FN8O5. The van der Waals surface area contributed by atoms with Crippen molar-refractivity contribution in [1.82, 2.24) is 24.3 Å². The number of methoxy groups -OCH3 is 1. The summed E-state index contributed by atoms with van der Waals surface area (Å²) in [7, 11) is 1.38. The van der Waals surface area contributed by atoms with Gasteiger partial charge in [-0.25, -0.2) is 19.2 Å². The van der Waals surface area contributed by atoms with Gasteiger partial charge in [-0.3, -0.25) is 14.5 Å². The number of piperidine rings is 1. The average Bonchev–Trinajstić information content (AvgIpc) is 3.60. The topological polar surface area (TPSA) is 153 Å². The molecule has 2 aromatic carbocycles. The van der Waals surface area contributed by atoms with E-state index in [-0.39, 0.29) is 29.3 Å². The van der Waals surface area contributed by atoms with E-state index in [9.17, 15) is 19.3 Å². The number of non-ortho nitro benzene ring substituents is 1. The van der Waals surface area contributed by atoms with E-state index in [0.717, 1.165) is 12.8 Å². The third kappa shape index (κ3) is 5.29. The Morgan fingerprint density at radius 1 is 1.19 bits per heavy atom. The zero-order valence-electron chi connectivity index (χ0n) is 22.4. The maximum atomic E-state index is 13.6. The fourth-order valence-corrected chi connectivity index (χ4v) is 4.95. The monoisotopic (exact) mass is 572 g/mol. The van der Waals surface area contributed by atoms with E-state index in [0.29, 0.717) is 53.2 Å². The van der Waals surface area contributed by atoms with E-state index in [1.807, 2.05) is 0 Å². The fraction of sp³-hybridized carbons (Fsp3) is 0.214. The summed E-state index contributed by atoms with van der Waals surface area (Å²) in [6.45, 7) is 0.920. The quantitative estimate of drug-likeness (QED) is 0.197. The maximum Gasteiger partial charge on any atom is 0.322 e. The Morgan fingerprint density at radius 3 is 2.81 bits per heavy atom. The van der Waals surface area contributed by atoms with Crippen LogP contribution in [0.4, 0.5) is 26.5 Å². The molecule has 1 saturated heterocycles. The number of carbonyl (C=O) groups is 1. The minimum absolute atomic E-state index is 0.130. The number of rotatable bonds is 7. The molecule has 0 saturated carbocycles. The number of nitrogens with one attached hydrogen (secondary N) is 2. The number of nitrogens with zero attached hydrogens (tertiary/aromatic N) is 6. The Hall–Kier alpha value is -5.53. The molecule has 6 rings (SSSR count). The molecule has 13 nitrogen and oxygen atoms in total. The van der Waals surface area contributed by atoms with Crippen LogP contribution in [0.2, 0.25) is 0 Å². The van der Waals surface area contributed by atoms with Gasteiger partial charge >= 0.3 is 11.9 Å². The molecule has 0 unspecified atom stereocenters. The van der Waals surface area contributed by atoms with Crippen LogP contribution in [-0.4, -0.2) is 61.4 Å². The van der Waals surface area contributed by atoms with Gasteiger partial charge in [-0.1, -0.05) is 0 Å². The number of anilines is 2. The summed E-state index contributed by atoms with van der Waals surface area (Å²) in [5, 5.41) is 17.2. The first-order valence-electron chi connectivity index (χ1n) is 13.1. The molecule has 1 fully saturated rings. The molecule has 4 heterocycles. The summed E-state index contributed by atoms with van der Waals surface area (Å²) < 4.78 is 26.1. The van der Waals surface area contributed by atoms with Gasteiger partial charge in [0.15, 0.2) is 0 Å². The molecule has 42 heavy (non-hydrogen) atoms. The number of benzene rings is 2. The molecule has 0 spiro atoms. The van der Waals surface area contributed by atoms with Gasteiger partial charge in [-0.15, -0.1) is 0 Å². The van der Waals surface area contributed by atoms with Crippen molar-refractivity contribution in [1.29, 1.82) is 0 Å². The second kappa shape index (κ2) is 11.2. The van der Waals surface area contributed by atoms with Crippen molar-refractivity contribution in [2.24, 2.45) is 0 Å². The Bertz CT molecular complexity index is 1770. The normalized spacial score (nSPS) is 15.0. The van der Waals surface area contributed by atoms with E-state index in [2.05, 4.69) is 20.6 Å². The molecule has 214 valence electrons. The first kappa shape index (κ1) is 26.7. The van der Waals surface area contributed by atoms with Gasteiger partial charge in [0.1, 0.15) is 29.2 Å². The Morgan fingerprint density at radius 2 is 2.02 bits per heavy atom. The summed E-state index contributed by atoms with van der Waals surface area (Å²) in [6, 6.07) is 11.3. The second-order valence-electron chi connectivity index (χ2n) is 9.64. The minimum atomic E-state index is -0.527. The molecule has 1 atom stereocenters. The van der Waals surface area contributed by atoms with Crippen molar-refractivity contribution < 1.29 is 23.3 Å². The van der Waals surface area contributed by atoms with E-state index >= 15 is 0 Å². The number of aromatic nitrogens is 4. The Balaban J connectivity index is 1.19. The van der Waals surface area contributed by atoms with E-state index < -0.39 is 4.92 Å². The smallest absolute Gasteiger partial charge is 0.322 e. The standard InChI is InChI=1S/C28H25FN8O5/c1-41-23-15-20(37(39)40)8-9-21(23)33-27(38)35-12-2-3-19(16-35)31-26-30-11-10-22(32-26)25-24(17-4-6-18(29)7-5-17)34-28-36(25)13-14-42-28/h4-11,13-15,19H,2-3,12,16H2,1H3,(H,33,38)(H,30,31,32)/t19-/m1/s1. The SMILES string of the molecule is COc1cc([N+](=O)[O-])ccc1NC(=O)N1CCC[C@@H](Nc2nccc(-c3c(-c4ccc(F)cc4)nc4occn34)n2)C1. The number of hydrogen-bond acceptors (Lipinski definition) is 9. The number of nitro benzene ring substituents is 1. The molecule has 2 N–H and O–H groups in total. The number of fused-ring (bicyclic) bond motifs is 1. The van der Waals surface area contributed by atoms with E-state index in [4.69, 9.17) is 14.1 Å². The molecule has 5 aromatic rings. The zero-order chi connectivity index (χ0) is 29.2. The van der Waals surface area contributed by atoms with Gasteiger partial charge < -0.3 is 24.7 Å². The highest BCUT2D eigenvalue weighted by molar-refractivity contribution is 5.91. The molecule has 3 aromatic heterocycles. The molecule has 0 radical (unpaired) electrons. The number of nitro groups is 1. The van der Waals surface area contributed by atoms with Crippen LogP contribution in [0.25, 0.3) is 28.5 Å². The number of halogens is 1. The number of urea groups is 1. The van der Waals surface area contributed by atoms with Gasteiger partial charge in [0.25, 0.3) is 5.69 Å². The van der Waals surface area contributed by atoms with Crippen LogP contribution >= 0.6 is 0 Å². The molecule has 14 heteroatoms. The number of ether oxygens (including phenoxy) is 1. The number of oxazole rings is 1. The predicted octanol–water partition coefficient (Wildman–Crippen LogP) is 5.22. The van der Waals surface area contributed by atoms with E-state index in [1.165, 1.54) is 43.7 Å². The minimum Gasteiger partial charge on any atom is -0.494 e. The Labute approximate surface area is 238 Å². The highest BCUT2D eigenvalue weighted by Crippen LogP contribution is 2.33. The number of amides is 2. The Kier molecular flexibility index (Phi) is 7.09. The number of hydrogen-bond donors (Lipinski definition) is 2. The summed E-state index contributed by atoms with van der Waals surface area (Å²) >= 11 is 0. The lowest BCUT2D eigenvalue weighted by atomic mass is 10.1. The number of carbonyl (C=O) groups excluding carboxylic acids is 1. The van der Waals surface area contributed by atoms with Crippen molar-refractivity contribution >= 4 is 29.2 Å². The van der Waals surface area contributed by atoms with E-state index in [1.54, 1.807) is 39.9 Å². The van der Waals surface area contributed by atoms with Gasteiger partial charge in [-0.05, 0) is 49.2 Å². The third-order valence-corrected chi connectivity index (χ3v) is 6.96. The van der Waals surface area contributed by atoms with Crippen LogP contribution in [0.15, 0.2) is 71.6 Å². The summed E-state index contributed by atoms with van der Waals surface area (Å²) in [6.07, 6.45) is 6.42. The summed E-state index contributed by atoms with van der Waals surface area (Å²) in [5.41, 5.74) is 2.73. The van der Waals surface area contributed by atoms with Crippen molar-refractivity contribution in [2.75, 3.05) is 30.8 Å². The number of likely N-dealkylation sites (tertiary alicyclic amines) is 1. The zero-order valence-corrected chi connectivity index (χ0v) is 22.4. The maximum absolute atomic E-state index is 13.6. The molecule has 2 amide bonds. The lowest BCUT2D eigenvalue weighted by molar-refractivity contribution is -0.384. The van der Waals surface area contributed by atoms with Crippen LogP contribution in [-0.2, 0) is 0 Å². The molecular weight excluding hydrogens is 547 g/mol. The van der Waals surface area contributed by atoms with Gasteiger partial charge in [0.2, 0.25) is 5.95 Å². The number of imidazole rings is 1. The third-order valence-electron chi connectivity index (χ3n) is 6.96. The fourth-order valence-electron chi connectivity index (χ4n) is 4.95. The van der Waals surface area contributed by atoms with Gasteiger partial charge in [-0.2, -0.15) is 4.98 Å². The van der Waals surface area contributed by atoms with Gasteiger partial charge in [0, 0.05) is 43.2 Å².